The fourth-order valence-electron chi connectivity index (χ4n) is 3.84. The zero-order valence-electron chi connectivity index (χ0n) is 12.7. The first-order valence-electron chi connectivity index (χ1n) is 8.26. The molecule has 2 N–H and O–H groups in total. The zero-order valence-corrected chi connectivity index (χ0v) is 12.7. The molecule has 0 aromatic carbocycles. The van der Waals surface area contributed by atoms with Gasteiger partial charge in [0.15, 0.2) is 0 Å². The van der Waals surface area contributed by atoms with Crippen LogP contribution in [-0.4, -0.2) is 33.6 Å². The minimum Gasteiger partial charge on any atom is -0.353 e. The van der Waals surface area contributed by atoms with Crippen molar-refractivity contribution in [3.05, 3.63) is 18.7 Å². The maximum Gasteiger partial charge on any atom is 0.222 e. The van der Waals surface area contributed by atoms with E-state index < -0.39 is 0 Å². The van der Waals surface area contributed by atoms with Gasteiger partial charge < -0.3 is 15.2 Å². The highest BCUT2D eigenvalue weighted by atomic mass is 16.1. The van der Waals surface area contributed by atoms with Crippen LogP contribution >= 0.6 is 0 Å². The summed E-state index contributed by atoms with van der Waals surface area (Å²) in [6.07, 6.45) is 14.7. The van der Waals surface area contributed by atoms with Crippen LogP contribution in [0.25, 0.3) is 0 Å². The van der Waals surface area contributed by atoms with Crippen molar-refractivity contribution in [2.24, 2.45) is 0 Å². The van der Waals surface area contributed by atoms with E-state index in [0.717, 1.165) is 19.4 Å². The Labute approximate surface area is 126 Å². The highest BCUT2D eigenvalue weighted by Gasteiger charge is 2.37. The molecular formula is C16H26N4O. The molecule has 1 saturated heterocycles. The molecule has 2 fully saturated rings. The van der Waals surface area contributed by atoms with Crippen LogP contribution in [0.15, 0.2) is 18.7 Å². The second kappa shape index (κ2) is 6.60. The summed E-state index contributed by atoms with van der Waals surface area (Å²) >= 11 is 0. The Balaban J connectivity index is 1.46. The first-order chi connectivity index (χ1) is 10.3. The number of aryl methyl sites for hydroxylation is 1. The molecule has 1 aromatic rings. The molecule has 0 radical (unpaired) electrons. The van der Waals surface area contributed by atoms with Crippen molar-refractivity contribution in [2.45, 2.75) is 69.5 Å². The number of hydrogen-bond acceptors (Lipinski definition) is 3. The molecule has 5 heteroatoms. The van der Waals surface area contributed by atoms with Gasteiger partial charge in [-0.3, -0.25) is 4.79 Å². The number of hydrogen-bond donors (Lipinski definition) is 2. The number of imidazole rings is 1. The van der Waals surface area contributed by atoms with Crippen LogP contribution in [0.5, 0.6) is 0 Å². The maximum absolute atomic E-state index is 12.1. The second-order valence-corrected chi connectivity index (χ2v) is 6.58. The fourth-order valence-corrected chi connectivity index (χ4v) is 3.84. The number of amides is 1. The molecule has 1 aliphatic carbocycles. The Morgan fingerprint density at radius 3 is 3.00 bits per heavy atom. The van der Waals surface area contributed by atoms with Crippen LogP contribution in [0.2, 0.25) is 0 Å². The van der Waals surface area contributed by atoms with E-state index in [4.69, 9.17) is 0 Å². The molecule has 1 amide bonds. The van der Waals surface area contributed by atoms with E-state index in [-0.39, 0.29) is 5.91 Å². The topological polar surface area (TPSA) is 59.0 Å². The Morgan fingerprint density at radius 1 is 1.38 bits per heavy atom. The summed E-state index contributed by atoms with van der Waals surface area (Å²) in [7, 11) is 0. The summed E-state index contributed by atoms with van der Waals surface area (Å²) in [4.78, 5) is 16.1. The highest BCUT2D eigenvalue weighted by molar-refractivity contribution is 5.76. The predicted octanol–water partition coefficient (Wildman–Crippen LogP) is 1.84. The van der Waals surface area contributed by atoms with Gasteiger partial charge in [-0.1, -0.05) is 19.3 Å². The van der Waals surface area contributed by atoms with Gasteiger partial charge in [0.1, 0.15) is 0 Å². The molecule has 2 heterocycles. The van der Waals surface area contributed by atoms with E-state index in [1.165, 1.54) is 32.1 Å². The van der Waals surface area contributed by atoms with Gasteiger partial charge in [0.05, 0.1) is 6.33 Å². The van der Waals surface area contributed by atoms with Crippen LogP contribution in [0.1, 0.15) is 51.4 Å². The van der Waals surface area contributed by atoms with Crippen LogP contribution in [0.3, 0.4) is 0 Å². The van der Waals surface area contributed by atoms with Crippen molar-refractivity contribution >= 4 is 5.91 Å². The van der Waals surface area contributed by atoms with E-state index in [0.29, 0.717) is 24.5 Å². The zero-order chi connectivity index (χ0) is 14.5. The number of nitrogens with zero attached hydrogens (tertiary/aromatic N) is 2. The Kier molecular flexibility index (Phi) is 4.58. The Morgan fingerprint density at radius 2 is 2.24 bits per heavy atom. The molecule has 3 rings (SSSR count). The quantitative estimate of drug-likeness (QED) is 0.889. The number of nitrogens with one attached hydrogen (secondary N) is 2. The van der Waals surface area contributed by atoms with Crippen LogP contribution in [-0.2, 0) is 11.3 Å². The molecule has 1 saturated carbocycles. The summed E-state index contributed by atoms with van der Waals surface area (Å²) < 4.78 is 1.95. The predicted molar refractivity (Wildman–Crippen MR) is 81.8 cm³/mol. The molecule has 1 aromatic heterocycles. The van der Waals surface area contributed by atoms with Crippen molar-refractivity contribution in [1.82, 2.24) is 20.2 Å². The van der Waals surface area contributed by atoms with Gasteiger partial charge in [-0.2, -0.15) is 0 Å². The molecule has 0 bridgehead atoms. The van der Waals surface area contributed by atoms with Gasteiger partial charge in [-0.05, 0) is 32.2 Å². The number of carbonyl (C=O) groups excluding carboxylic acids is 1. The summed E-state index contributed by atoms with van der Waals surface area (Å²) in [6.45, 7) is 1.74. The molecule has 2 aliphatic rings. The SMILES string of the molecule is O=C(CCn1ccnc1)NC1CCNC2(CCCCC2)C1. The van der Waals surface area contributed by atoms with E-state index in [2.05, 4.69) is 15.6 Å². The molecule has 1 aliphatic heterocycles. The molecule has 116 valence electrons. The smallest absolute Gasteiger partial charge is 0.222 e. The van der Waals surface area contributed by atoms with E-state index in [1.54, 1.807) is 12.5 Å². The molecule has 21 heavy (non-hydrogen) atoms. The van der Waals surface area contributed by atoms with Crippen LogP contribution in [0, 0.1) is 0 Å². The normalized spacial score (nSPS) is 24.9. The van der Waals surface area contributed by atoms with E-state index in [9.17, 15) is 4.79 Å². The van der Waals surface area contributed by atoms with Crippen molar-refractivity contribution in [3.8, 4) is 0 Å². The molecule has 5 nitrogen and oxygen atoms in total. The summed E-state index contributed by atoms with van der Waals surface area (Å²) in [5.74, 6) is 0.168. The average Bonchev–Trinajstić information content (AvgIpc) is 2.99. The largest absolute Gasteiger partial charge is 0.353 e. The third kappa shape index (κ3) is 3.84. The van der Waals surface area contributed by atoms with E-state index in [1.807, 2.05) is 10.8 Å². The fraction of sp³-hybridized carbons (Fsp3) is 0.750. The number of aromatic nitrogens is 2. The van der Waals surface area contributed by atoms with Crippen molar-refractivity contribution in [1.29, 1.82) is 0 Å². The van der Waals surface area contributed by atoms with Gasteiger partial charge in [-0.15, -0.1) is 0 Å². The third-order valence-corrected chi connectivity index (χ3v) is 4.96. The van der Waals surface area contributed by atoms with Crippen molar-refractivity contribution < 1.29 is 4.79 Å². The third-order valence-electron chi connectivity index (χ3n) is 4.96. The summed E-state index contributed by atoms with van der Waals surface area (Å²) in [6, 6.07) is 0.347. The Hall–Kier alpha value is -1.36. The van der Waals surface area contributed by atoms with Crippen molar-refractivity contribution in [2.75, 3.05) is 6.54 Å². The molecule has 1 atom stereocenters. The molecule has 1 spiro atoms. The van der Waals surface area contributed by atoms with Gasteiger partial charge in [0.2, 0.25) is 5.91 Å². The summed E-state index contributed by atoms with van der Waals surface area (Å²) in [5, 5.41) is 6.97. The standard InChI is InChI=1S/C16H26N4O/c21-15(5-10-20-11-9-17-13-20)19-14-4-8-18-16(12-14)6-2-1-3-7-16/h9,11,13-14,18H,1-8,10,12H2,(H,19,21). The minimum absolute atomic E-state index is 0.168. The van der Waals surface area contributed by atoms with Crippen molar-refractivity contribution in [3.63, 3.8) is 0 Å². The molecule has 1 unspecified atom stereocenters. The second-order valence-electron chi connectivity index (χ2n) is 6.58. The lowest BCUT2D eigenvalue weighted by molar-refractivity contribution is -0.122. The van der Waals surface area contributed by atoms with Gasteiger partial charge in [0, 0.05) is 36.9 Å². The minimum atomic E-state index is 0.168. The average molecular weight is 290 g/mol. The monoisotopic (exact) mass is 290 g/mol. The van der Waals surface area contributed by atoms with Gasteiger partial charge in [0.25, 0.3) is 0 Å². The van der Waals surface area contributed by atoms with E-state index >= 15 is 0 Å². The van der Waals surface area contributed by atoms with Crippen LogP contribution < -0.4 is 10.6 Å². The highest BCUT2D eigenvalue weighted by Crippen LogP contribution is 2.34. The lowest BCUT2D eigenvalue weighted by Crippen LogP contribution is -2.57. The number of piperidine rings is 1. The van der Waals surface area contributed by atoms with Gasteiger partial charge >= 0.3 is 0 Å². The number of carbonyl (C=O) groups is 1. The van der Waals surface area contributed by atoms with Gasteiger partial charge in [-0.25, -0.2) is 4.98 Å². The lowest BCUT2D eigenvalue weighted by Gasteiger charge is -2.44. The molecular weight excluding hydrogens is 264 g/mol. The maximum atomic E-state index is 12.1. The Bertz CT molecular complexity index is 445. The number of rotatable bonds is 4. The summed E-state index contributed by atoms with van der Waals surface area (Å²) in [5.41, 5.74) is 0.304. The van der Waals surface area contributed by atoms with Crippen LogP contribution in [0.4, 0.5) is 0 Å². The lowest BCUT2D eigenvalue weighted by atomic mass is 9.75. The first-order valence-corrected chi connectivity index (χ1v) is 8.26. The first kappa shape index (κ1) is 14.6.